The van der Waals surface area contributed by atoms with Crippen molar-refractivity contribution in [2.45, 2.75) is 26.2 Å². The van der Waals surface area contributed by atoms with Crippen molar-refractivity contribution in [1.29, 1.82) is 0 Å². The van der Waals surface area contributed by atoms with E-state index in [1.165, 1.54) is 14.0 Å². The van der Waals surface area contributed by atoms with E-state index in [1.807, 2.05) is 0 Å². The lowest BCUT2D eigenvalue weighted by molar-refractivity contribution is -0.159. The van der Waals surface area contributed by atoms with Crippen LogP contribution in [0.25, 0.3) is 0 Å². The first-order chi connectivity index (χ1) is 9.93. The average Bonchev–Trinajstić information content (AvgIpc) is 2.92. The van der Waals surface area contributed by atoms with Crippen molar-refractivity contribution in [3.63, 3.8) is 0 Å². The van der Waals surface area contributed by atoms with Gasteiger partial charge in [0.1, 0.15) is 11.2 Å². The monoisotopic (exact) mass is 308 g/mol. The number of carbonyl (C=O) groups excluding carboxylic acids is 3. The number of carbonyl (C=O) groups is 3. The number of ether oxygens (including phenoxy) is 1. The second kappa shape index (κ2) is 5.98. The van der Waals surface area contributed by atoms with Gasteiger partial charge in [-0.15, -0.1) is 0 Å². The molecule has 5 heteroatoms. The number of esters is 1. The Kier molecular flexibility index (Phi) is 4.47. The molecule has 1 aromatic carbocycles. The van der Waals surface area contributed by atoms with E-state index in [9.17, 15) is 14.4 Å². The van der Waals surface area contributed by atoms with Gasteiger partial charge in [0.25, 0.3) is 0 Å². The summed E-state index contributed by atoms with van der Waals surface area (Å²) in [6, 6.07) is 6.48. The fourth-order valence-electron chi connectivity index (χ4n) is 3.17. The summed E-state index contributed by atoms with van der Waals surface area (Å²) in [6.07, 6.45) is 1.52. The van der Waals surface area contributed by atoms with E-state index in [0.717, 1.165) is 0 Å². The number of halogens is 1. The van der Waals surface area contributed by atoms with Gasteiger partial charge >= 0.3 is 5.97 Å². The zero-order chi connectivity index (χ0) is 15.6. The predicted molar refractivity (Wildman–Crippen MR) is 78.3 cm³/mol. The molecule has 0 amide bonds. The van der Waals surface area contributed by atoms with E-state index >= 15 is 0 Å². The molecule has 1 aliphatic rings. The summed E-state index contributed by atoms with van der Waals surface area (Å²) < 4.78 is 4.80. The summed E-state index contributed by atoms with van der Waals surface area (Å²) in [5, 5.41) is 0.531. The van der Waals surface area contributed by atoms with Gasteiger partial charge in [0.05, 0.1) is 7.11 Å². The summed E-state index contributed by atoms with van der Waals surface area (Å²) in [7, 11) is 1.25. The first-order valence-electron chi connectivity index (χ1n) is 6.82. The molecule has 0 unspecified atom stereocenters. The van der Waals surface area contributed by atoms with Crippen molar-refractivity contribution in [3.05, 3.63) is 34.9 Å². The fraction of sp³-hybridized carbons (Fsp3) is 0.438. The van der Waals surface area contributed by atoms with Gasteiger partial charge in [0, 0.05) is 16.5 Å². The predicted octanol–water partition coefficient (Wildman–Crippen LogP) is 3.07. The molecule has 1 saturated carbocycles. The molecule has 1 fully saturated rings. The highest BCUT2D eigenvalue weighted by Crippen LogP contribution is 2.46. The first kappa shape index (κ1) is 15.7. The zero-order valence-corrected chi connectivity index (χ0v) is 12.8. The summed E-state index contributed by atoms with van der Waals surface area (Å²) in [4.78, 5) is 37.0. The van der Waals surface area contributed by atoms with Crippen LogP contribution in [0.3, 0.4) is 0 Å². The molecule has 0 saturated heterocycles. The third-order valence-electron chi connectivity index (χ3n) is 4.28. The van der Waals surface area contributed by atoms with E-state index in [-0.39, 0.29) is 11.6 Å². The quantitative estimate of drug-likeness (QED) is 0.487. The molecule has 21 heavy (non-hydrogen) atoms. The largest absolute Gasteiger partial charge is 0.468 e. The third kappa shape index (κ3) is 2.60. The van der Waals surface area contributed by atoms with Gasteiger partial charge in [-0.3, -0.25) is 14.4 Å². The minimum absolute atomic E-state index is 0.204. The fourth-order valence-corrected chi connectivity index (χ4v) is 3.29. The Morgan fingerprint density at radius 3 is 2.38 bits per heavy atom. The molecule has 0 spiro atoms. The maximum atomic E-state index is 12.7. The van der Waals surface area contributed by atoms with E-state index in [2.05, 4.69) is 0 Å². The van der Waals surface area contributed by atoms with Crippen LogP contribution in [0.15, 0.2) is 24.3 Å². The van der Waals surface area contributed by atoms with Crippen LogP contribution in [-0.2, 0) is 14.3 Å². The Morgan fingerprint density at radius 2 is 1.86 bits per heavy atom. The van der Waals surface area contributed by atoms with E-state index < -0.39 is 17.3 Å². The topological polar surface area (TPSA) is 60.4 Å². The lowest BCUT2D eigenvalue weighted by Crippen LogP contribution is -2.45. The molecule has 0 radical (unpaired) electrons. The Morgan fingerprint density at radius 1 is 1.24 bits per heavy atom. The van der Waals surface area contributed by atoms with Crippen LogP contribution in [-0.4, -0.2) is 24.6 Å². The minimum Gasteiger partial charge on any atom is -0.468 e. The van der Waals surface area contributed by atoms with Crippen LogP contribution in [0.2, 0.25) is 5.02 Å². The molecule has 1 aromatic rings. The third-order valence-corrected chi connectivity index (χ3v) is 4.53. The average molecular weight is 309 g/mol. The van der Waals surface area contributed by atoms with E-state index in [1.54, 1.807) is 24.3 Å². The van der Waals surface area contributed by atoms with Crippen LogP contribution >= 0.6 is 11.6 Å². The van der Waals surface area contributed by atoms with Gasteiger partial charge in [-0.25, -0.2) is 0 Å². The first-order valence-corrected chi connectivity index (χ1v) is 7.20. The zero-order valence-electron chi connectivity index (χ0n) is 12.0. The van der Waals surface area contributed by atoms with Crippen molar-refractivity contribution in [3.8, 4) is 0 Å². The molecule has 0 N–H and O–H groups in total. The van der Waals surface area contributed by atoms with Crippen LogP contribution in [0.5, 0.6) is 0 Å². The van der Waals surface area contributed by atoms with Gasteiger partial charge in [0.15, 0.2) is 5.78 Å². The minimum atomic E-state index is -1.34. The second-order valence-electron chi connectivity index (χ2n) is 5.34. The van der Waals surface area contributed by atoms with Crippen molar-refractivity contribution in [2.24, 2.45) is 11.3 Å². The van der Waals surface area contributed by atoms with Crippen LogP contribution in [0, 0.1) is 11.3 Å². The normalized spacial score (nSPS) is 24.6. The second-order valence-corrected chi connectivity index (χ2v) is 5.77. The highest BCUT2D eigenvalue weighted by Gasteiger charge is 2.56. The molecular formula is C16H17ClO4. The smallest absolute Gasteiger partial charge is 0.320 e. The molecule has 0 bridgehead atoms. The summed E-state index contributed by atoms with van der Waals surface area (Å²) in [5.74, 6) is -1.78. The van der Waals surface area contributed by atoms with Crippen LogP contribution in [0.1, 0.15) is 36.5 Å². The molecule has 2 rings (SSSR count). The lowest BCUT2D eigenvalue weighted by atomic mass is 9.71. The van der Waals surface area contributed by atoms with Crippen LogP contribution in [0.4, 0.5) is 0 Å². The van der Waals surface area contributed by atoms with Gasteiger partial charge in [-0.2, -0.15) is 0 Å². The van der Waals surface area contributed by atoms with Gasteiger partial charge < -0.3 is 4.74 Å². The molecule has 1 aliphatic carbocycles. The van der Waals surface area contributed by atoms with Gasteiger partial charge in [0.2, 0.25) is 0 Å². The maximum absolute atomic E-state index is 12.7. The number of Topliss-reactive ketones (excluding diaryl/α,β-unsaturated/α-hetero) is 2. The number of hydrogen-bond donors (Lipinski definition) is 0. The van der Waals surface area contributed by atoms with E-state index in [4.69, 9.17) is 16.3 Å². The highest BCUT2D eigenvalue weighted by molar-refractivity contribution is 6.30. The number of methoxy groups -OCH3 is 1. The standard InChI is InChI=1S/C16H17ClO4/c1-10(18)16(15(20)21-2)9-3-4-13(16)14(19)11-5-7-12(17)8-6-11/h5-8,13H,3-4,9H2,1-2H3/t13-,16+/m0/s1. The Bertz CT molecular complexity index is 578. The molecule has 2 atom stereocenters. The Labute approximate surface area is 128 Å². The number of ketones is 2. The van der Waals surface area contributed by atoms with Crippen molar-refractivity contribution in [2.75, 3.05) is 7.11 Å². The highest BCUT2D eigenvalue weighted by atomic mass is 35.5. The lowest BCUT2D eigenvalue weighted by Gasteiger charge is -2.29. The number of benzene rings is 1. The summed E-state index contributed by atoms with van der Waals surface area (Å²) in [6.45, 7) is 1.35. The molecule has 0 aliphatic heterocycles. The van der Waals surface area contributed by atoms with Gasteiger partial charge in [-0.1, -0.05) is 18.0 Å². The van der Waals surface area contributed by atoms with E-state index in [0.29, 0.717) is 29.8 Å². The molecular weight excluding hydrogens is 292 g/mol. The van der Waals surface area contributed by atoms with Crippen molar-refractivity contribution < 1.29 is 19.1 Å². The number of hydrogen-bond acceptors (Lipinski definition) is 4. The Balaban J connectivity index is 2.41. The SMILES string of the molecule is COC(=O)[C@@]1(C(C)=O)CCC[C@H]1C(=O)c1ccc(Cl)cc1. The maximum Gasteiger partial charge on any atom is 0.320 e. The number of rotatable bonds is 4. The summed E-state index contributed by atoms with van der Waals surface area (Å²) >= 11 is 5.82. The van der Waals surface area contributed by atoms with Gasteiger partial charge in [-0.05, 0) is 44.0 Å². The summed E-state index contributed by atoms with van der Waals surface area (Å²) in [5.41, 5.74) is -0.883. The molecule has 0 aromatic heterocycles. The van der Waals surface area contributed by atoms with Crippen molar-refractivity contribution in [1.82, 2.24) is 0 Å². The molecule has 0 heterocycles. The Hall–Kier alpha value is -1.68. The molecule has 4 nitrogen and oxygen atoms in total. The van der Waals surface area contributed by atoms with Crippen LogP contribution < -0.4 is 0 Å². The van der Waals surface area contributed by atoms with Crippen molar-refractivity contribution >= 4 is 29.1 Å². The molecule has 112 valence electrons.